The minimum absolute atomic E-state index is 0.0545. The van der Waals surface area contributed by atoms with E-state index in [4.69, 9.17) is 11.6 Å². The Morgan fingerprint density at radius 3 is 2.32 bits per heavy atom. The molecule has 1 aromatic heterocycles. The molecule has 1 heterocycles. The molecule has 0 radical (unpaired) electrons. The third kappa shape index (κ3) is 4.95. The van der Waals surface area contributed by atoms with Crippen molar-refractivity contribution in [2.75, 3.05) is 23.9 Å². The fourth-order valence-electron chi connectivity index (χ4n) is 1.35. The van der Waals surface area contributed by atoms with Gasteiger partial charge in [-0.05, 0) is 6.92 Å². The maximum atomic E-state index is 11.1. The molecule has 0 unspecified atom stereocenters. The van der Waals surface area contributed by atoms with Gasteiger partial charge < -0.3 is 5.32 Å². The Bertz CT molecular complexity index is 565. The first-order chi connectivity index (χ1) is 8.50. The van der Waals surface area contributed by atoms with Gasteiger partial charge >= 0.3 is 0 Å². The first-order valence-corrected chi connectivity index (χ1v) is 8.41. The number of nitrogens with one attached hydrogen (secondary N) is 1. The van der Waals surface area contributed by atoms with Crippen molar-refractivity contribution in [2.24, 2.45) is 0 Å². The largest absolute Gasteiger partial charge is 0.369 e. The van der Waals surface area contributed by atoms with E-state index in [1.54, 1.807) is 6.92 Å². The fraction of sp³-hybridized carbons (Fsp3) is 0.667. The number of sulfone groups is 1. The molecule has 0 bridgehead atoms. The summed E-state index contributed by atoms with van der Waals surface area (Å²) in [4.78, 5) is 8.68. The summed E-state index contributed by atoms with van der Waals surface area (Å²) in [5, 5.41) is 3.40. The van der Waals surface area contributed by atoms with Crippen LogP contribution < -0.4 is 5.32 Å². The Balaban J connectivity index is 2.97. The van der Waals surface area contributed by atoms with Gasteiger partial charge in [0.1, 0.15) is 26.6 Å². The van der Waals surface area contributed by atoms with Crippen LogP contribution in [0.15, 0.2) is 0 Å². The number of anilines is 1. The van der Waals surface area contributed by atoms with Gasteiger partial charge in [-0.3, -0.25) is 0 Å². The smallest absolute Gasteiger partial charge is 0.149 e. The molecule has 0 aromatic carbocycles. The van der Waals surface area contributed by atoms with Crippen LogP contribution in [0.3, 0.4) is 0 Å². The lowest BCUT2D eigenvalue weighted by Crippen LogP contribution is -2.20. The van der Waals surface area contributed by atoms with Gasteiger partial charge in [-0.15, -0.1) is 0 Å². The molecule has 0 atom stereocenters. The van der Waals surface area contributed by atoms with Crippen LogP contribution in [0.1, 0.15) is 32.2 Å². The fourth-order valence-corrected chi connectivity index (χ4v) is 1.99. The Morgan fingerprint density at radius 1 is 1.26 bits per heavy atom. The van der Waals surface area contributed by atoms with E-state index in [-0.39, 0.29) is 11.2 Å². The van der Waals surface area contributed by atoms with Crippen molar-refractivity contribution < 1.29 is 8.42 Å². The van der Waals surface area contributed by atoms with Crippen LogP contribution in [0.25, 0.3) is 0 Å². The molecule has 108 valence electrons. The van der Waals surface area contributed by atoms with Crippen LogP contribution in [-0.2, 0) is 15.3 Å². The molecule has 0 fully saturated rings. The summed E-state index contributed by atoms with van der Waals surface area (Å²) >= 11 is 6.08. The molecule has 19 heavy (non-hydrogen) atoms. The molecule has 1 rings (SSSR count). The predicted octanol–water partition coefficient (Wildman–Crippen LogP) is 2.19. The first-order valence-electron chi connectivity index (χ1n) is 5.97. The van der Waals surface area contributed by atoms with Crippen molar-refractivity contribution in [2.45, 2.75) is 33.1 Å². The van der Waals surface area contributed by atoms with E-state index in [0.29, 0.717) is 23.3 Å². The van der Waals surface area contributed by atoms with E-state index >= 15 is 0 Å². The monoisotopic (exact) mass is 305 g/mol. The molecule has 0 aliphatic heterocycles. The molecule has 1 aromatic rings. The minimum Gasteiger partial charge on any atom is -0.369 e. The highest BCUT2D eigenvalue weighted by molar-refractivity contribution is 7.90. The van der Waals surface area contributed by atoms with Crippen LogP contribution in [-0.4, -0.2) is 36.9 Å². The van der Waals surface area contributed by atoms with E-state index in [1.807, 2.05) is 20.8 Å². The topological polar surface area (TPSA) is 72.0 Å². The lowest BCUT2D eigenvalue weighted by molar-refractivity contribution is 0.545. The number of halogens is 1. The quantitative estimate of drug-likeness (QED) is 0.863. The summed E-state index contributed by atoms with van der Waals surface area (Å²) in [6.07, 6.45) is 1.20. The van der Waals surface area contributed by atoms with Gasteiger partial charge in [0, 0.05) is 23.8 Å². The second kappa shape index (κ2) is 5.63. The van der Waals surface area contributed by atoms with Gasteiger partial charge in [0.05, 0.1) is 5.75 Å². The van der Waals surface area contributed by atoms with Crippen LogP contribution >= 0.6 is 11.6 Å². The van der Waals surface area contributed by atoms with Crippen LogP contribution in [0.4, 0.5) is 5.82 Å². The van der Waals surface area contributed by atoms with Crippen molar-refractivity contribution >= 4 is 27.3 Å². The molecule has 1 N–H and O–H groups in total. The van der Waals surface area contributed by atoms with Crippen LogP contribution in [0.2, 0.25) is 5.15 Å². The number of aromatic nitrogens is 2. The summed E-state index contributed by atoms with van der Waals surface area (Å²) in [5.41, 5.74) is 0.507. The second-order valence-corrected chi connectivity index (χ2v) is 8.24. The Morgan fingerprint density at radius 2 is 1.84 bits per heavy atom. The lowest BCUT2D eigenvalue weighted by Gasteiger charge is -2.19. The van der Waals surface area contributed by atoms with E-state index in [9.17, 15) is 8.42 Å². The molecule has 7 heteroatoms. The molecular formula is C12H20ClN3O2S. The minimum atomic E-state index is -2.99. The molecule has 5 nitrogen and oxygen atoms in total. The van der Waals surface area contributed by atoms with Crippen LogP contribution in [0.5, 0.6) is 0 Å². The van der Waals surface area contributed by atoms with Crippen molar-refractivity contribution in [1.82, 2.24) is 9.97 Å². The molecule has 0 aliphatic carbocycles. The molecule has 0 amide bonds. The zero-order valence-electron chi connectivity index (χ0n) is 11.9. The van der Waals surface area contributed by atoms with Gasteiger partial charge in [0.15, 0.2) is 0 Å². The van der Waals surface area contributed by atoms with Crippen LogP contribution in [0, 0.1) is 6.92 Å². The van der Waals surface area contributed by atoms with Gasteiger partial charge in [-0.1, -0.05) is 32.4 Å². The Kier molecular flexibility index (Phi) is 4.79. The predicted molar refractivity (Wildman–Crippen MR) is 78.7 cm³/mol. The van der Waals surface area contributed by atoms with Crippen molar-refractivity contribution in [3.8, 4) is 0 Å². The number of hydrogen-bond donors (Lipinski definition) is 1. The van der Waals surface area contributed by atoms with Crippen molar-refractivity contribution in [3.05, 3.63) is 16.5 Å². The maximum absolute atomic E-state index is 11.1. The molecule has 0 saturated carbocycles. The van der Waals surface area contributed by atoms with Crippen molar-refractivity contribution in [3.63, 3.8) is 0 Å². The van der Waals surface area contributed by atoms with Gasteiger partial charge in [-0.2, -0.15) is 0 Å². The lowest BCUT2D eigenvalue weighted by atomic mass is 9.95. The standard InChI is InChI=1S/C12H20ClN3O2S/c1-8-9(13)15-11(12(2,3)4)16-10(8)14-6-7-19(5,17)18/h6-7H2,1-5H3,(H,14,15,16). The summed E-state index contributed by atoms with van der Waals surface area (Å²) in [5.74, 6) is 1.28. The summed E-state index contributed by atoms with van der Waals surface area (Å²) in [6, 6.07) is 0. The normalized spacial score (nSPS) is 12.5. The molecular weight excluding hydrogens is 286 g/mol. The number of hydrogen-bond acceptors (Lipinski definition) is 5. The third-order valence-corrected chi connectivity index (χ3v) is 3.84. The van der Waals surface area contributed by atoms with E-state index in [0.717, 1.165) is 5.56 Å². The van der Waals surface area contributed by atoms with E-state index < -0.39 is 9.84 Å². The SMILES string of the molecule is Cc1c(Cl)nc(C(C)(C)C)nc1NCCS(C)(=O)=O. The second-order valence-electron chi connectivity index (χ2n) is 5.62. The van der Waals surface area contributed by atoms with E-state index in [2.05, 4.69) is 15.3 Å². The highest BCUT2D eigenvalue weighted by Gasteiger charge is 2.20. The summed E-state index contributed by atoms with van der Waals surface area (Å²) < 4.78 is 22.2. The summed E-state index contributed by atoms with van der Waals surface area (Å²) in [7, 11) is -2.99. The van der Waals surface area contributed by atoms with Gasteiger partial charge in [0.25, 0.3) is 0 Å². The van der Waals surface area contributed by atoms with E-state index in [1.165, 1.54) is 6.26 Å². The average Bonchev–Trinajstić information content (AvgIpc) is 2.20. The maximum Gasteiger partial charge on any atom is 0.149 e. The Labute approximate surface area is 119 Å². The first kappa shape index (κ1) is 16.2. The summed E-state index contributed by atoms with van der Waals surface area (Å²) in [6.45, 7) is 8.09. The van der Waals surface area contributed by atoms with Gasteiger partial charge in [0.2, 0.25) is 0 Å². The Hall–Kier alpha value is -0.880. The van der Waals surface area contributed by atoms with Crippen molar-refractivity contribution in [1.29, 1.82) is 0 Å². The number of rotatable bonds is 4. The highest BCUT2D eigenvalue weighted by atomic mass is 35.5. The zero-order valence-corrected chi connectivity index (χ0v) is 13.5. The average molecular weight is 306 g/mol. The third-order valence-electron chi connectivity index (χ3n) is 2.52. The molecule has 0 aliphatic rings. The number of nitrogens with zero attached hydrogens (tertiary/aromatic N) is 2. The zero-order chi connectivity index (χ0) is 14.8. The van der Waals surface area contributed by atoms with Gasteiger partial charge in [-0.25, -0.2) is 18.4 Å². The molecule has 0 spiro atoms. The molecule has 0 saturated heterocycles. The highest BCUT2D eigenvalue weighted by Crippen LogP contribution is 2.25.